The van der Waals surface area contributed by atoms with Crippen LogP contribution in [0.4, 0.5) is 10.1 Å². The van der Waals surface area contributed by atoms with E-state index in [-0.39, 0.29) is 24.4 Å². The molecule has 0 aliphatic rings. The standard InChI is InChI=1S/C15H18FN5O2S/c1-10-2-3-11(16)12(8-10)20-14(23)5-4-13(22)17-6-7-24-15-18-9-19-21-15/h2-3,8-9H,4-7H2,1H3,(H,17,22)(H,20,23)(H,18,19,21). The lowest BCUT2D eigenvalue weighted by molar-refractivity contribution is -0.124. The van der Waals surface area contributed by atoms with Crippen molar-refractivity contribution in [2.75, 3.05) is 17.6 Å². The summed E-state index contributed by atoms with van der Waals surface area (Å²) < 4.78 is 13.5. The molecule has 2 amide bonds. The van der Waals surface area contributed by atoms with E-state index in [4.69, 9.17) is 0 Å². The van der Waals surface area contributed by atoms with Crippen molar-refractivity contribution in [3.05, 3.63) is 35.9 Å². The third-order valence-electron chi connectivity index (χ3n) is 3.03. The summed E-state index contributed by atoms with van der Waals surface area (Å²) in [7, 11) is 0. The molecule has 1 heterocycles. The predicted octanol–water partition coefficient (Wildman–Crippen LogP) is 1.88. The van der Waals surface area contributed by atoms with Crippen LogP contribution >= 0.6 is 11.8 Å². The van der Waals surface area contributed by atoms with E-state index in [1.165, 1.54) is 24.2 Å². The van der Waals surface area contributed by atoms with Gasteiger partial charge in [0, 0.05) is 25.1 Å². The molecule has 0 aliphatic heterocycles. The largest absolute Gasteiger partial charge is 0.355 e. The Morgan fingerprint density at radius 1 is 1.29 bits per heavy atom. The molecule has 0 unspecified atom stereocenters. The lowest BCUT2D eigenvalue weighted by Crippen LogP contribution is -2.27. The summed E-state index contributed by atoms with van der Waals surface area (Å²) in [6.45, 7) is 2.26. The Hall–Kier alpha value is -2.42. The van der Waals surface area contributed by atoms with Crippen molar-refractivity contribution in [1.82, 2.24) is 20.5 Å². The number of carbonyl (C=O) groups is 2. The summed E-state index contributed by atoms with van der Waals surface area (Å²) in [5, 5.41) is 12.3. The molecule has 1 aromatic heterocycles. The van der Waals surface area contributed by atoms with E-state index in [0.29, 0.717) is 17.5 Å². The maximum Gasteiger partial charge on any atom is 0.224 e. The molecule has 7 nitrogen and oxygen atoms in total. The van der Waals surface area contributed by atoms with Gasteiger partial charge in [-0.2, -0.15) is 5.10 Å². The number of halogens is 1. The molecule has 1 aromatic carbocycles. The van der Waals surface area contributed by atoms with Crippen LogP contribution in [0, 0.1) is 12.7 Å². The Bertz CT molecular complexity index is 693. The monoisotopic (exact) mass is 351 g/mol. The van der Waals surface area contributed by atoms with E-state index in [9.17, 15) is 14.0 Å². The van der Waals surface area contributed by atoms with Crippen molar-refractivity contribution < 1.29 is 14.0 Å². The molecule has 0 spiro atoms. The highest BCUT2D eigenvalue weighted by atomic mass is 32.2. The Labute approximate surface area is 142 Å². The highest BCUT2D eigenvalue weighted by Gasteiger charge is 2.10. The first-order valence-corrected chi connectivity index (χ1v) is 8.34. The molecule has 0 atom stereocenters. The summed E-state index contributed by atoms with van der Waals surface area (Å²) in [5.41, 5.74) is 0.970. The minimum Gasteiger partial charge on any atom is -0.355 e. The smallest absolute Gasteiger partial charge is 0.224 e. The fourth-order valence-corrected chi connectivity index (χ4v) is 2.50. The molecule has 2 aromatic rings. The number of carbonyl (C=O) groups excluding carboxylic acids is 2. The third-order valence-corrected chi connectivity index (χ3v) is 3.91. The van der Waals surface area contributed by atoms with E-state index in [0.717, 1.165) is 5.56 Å². The van der Waals surface area contributed by atoms with E-state index in [2.05, 4.69) is 25.8 Å². The molecule has 0 fully saturated rings. The Kier molecular flexibility index (Phi) is 6.74. The summed E-state index contributed by atoms with van der Waals surface area (Å²) in [5.74, 6) is -0.483. The molecule has 9 heteroatoms. The van der Waals surface area contributed by atoms with Crippen LogP contribution in [-0.4, -0.2) is 39.3 Å². The van der Waals surface area contributed by atoms with Crippen molar-refractivity contribution in [2.24, 2.45) is 0 Å². The lowest BCUT2D eigenvalue weighted by atomic mass is 10.2. The second-order valence-corrected chi connectivity index (χ2v) is 6.10. The molecular formula is C15H18FN5O2S. The minimum absolute atomic E-state index is 0.00549. The quantitative estimate of drug-likeness (QED) is 0.498. The fraction of sp³-hybridized carbons (Fsp3) is 0.333. The Balaban J connectivity index is 1.64. The second-order valence-electron chi connectivity index (χ2n) is 5.02. The van der Waals surface area contributed by atoms with Gasteiger partial charge in [-0.05, 0) is 24.6 Å². The molecule has 0 bridgehead atoms. The summed E-state index contributed by atoms with van der Waals surface area (Å²) in [6.07, 6.45) is 1.46. The average molecular weight is 351 g/mol. The number of aromatic amines is 1. The van der Waals surface area contributed by atoms with E-state index < -0.39 is 11.7 Å². The molecule has 0 radical (unpaired) electrons. The topological polar surface area (TPSA) is 99.8 Å². The van der Waals surface area contributed by atoms with Crippen LogP contribution in [0.5, 0.6) is 0 Å². The van der Waals surface area contributed by atoms with E-state index >= 15 is 0 Å². The SMILES string of the molecule is Cc1ccc(F)c(NC(=O)CCC(=O)NCCSc2ncn[nH]2)c1. The fourth-order valence-electron chi connectivity index (χ4n) is 1.87. The van der Waals surface area contributed by atoms with Gasteiger partial charge in [0.25, 0.3) is 0 Å². The zero-order valence-electron chi connectivity index (χ0n) is 13.1. The van der Waals surface area contributed by atoms with Crippen LogP contribution in [-0.2, 0) is 9.59 Å². The highest BCUT2D eigenvalue weighted by molar-refractivity contribution is 7.99. The number of amides is 2. The number of benzene rings is 1. The van der Waals surface area contributed by atoms with Crippen LogP contribution < -0.4 is 10.6 Å². The summed E-state index contributed by atoms with van der Waals surface area (Å²) in [4.78, 5) is 27.4. The number of aromatic nitrogens is 3. The highest BCUT2D eigenvalue weighted by Crippen LogP contribution is 2.16. The van der Waals surface area contributed by atoms with Crippen molar-refractivity contribution in [3.63, 3.8) is 0 Å². The van der Waals surface area contributed by atoms with Crippen molar-refractivity contribution in [3.8, 4) is 0 Å². The van der Waals surface area contributed by atoms with Crippen LogP contribution in [0.1, 0.15) is 18.4 Å². The molecule has 3 N–H and O–H groups in total. The average Bonchev–Trinajstić information content (AvgIpc) is 3.06. The number of thioether (sulfide) groups is 1. The van der Waals surface area contributed by atoms with Crippen LogP contribution in [0.25, 0.3) is 0 Å². The third kappa shape index (κ3) is 5.99. The number of H-pyrrole nitrogens is 1. The van der Waals surface area contributed by atoms with Gasteiger partial charge in [0.1, 0.15) is 12.1 Å². The maximum absolute atomic E-state index is 13.5. The van der Waals surface area contributed by atoms with E-state index in [1.807, 2.05) is 0 Å². The zero-order valence-corrected chi connectivity index (χ0v) is 14.0. The minimum atomic E-state index is -0.497. The van der Waals surface area contributed by atoms with Crippen molar-refractivity contribution >= 4 is 29.3 Å². The Morgan fingerprint density at radius 2 is 2.08 bits per heavy atom. The number of hydrogen-bond donors (Lipinski definition) is 3. The van der Waals surface area contributed by atoms with Gasteiger partial charge in [0.15, 0.2) is 5.16 Å². The van der Waals surface area contributed by atoms with Gasteiger partial charge in [-0.25, -0.2) is 9.37 Å². The van der Waals surface area contributed by atoms with Gasteiger partial charge < -0.3 is 10.6 Å². The molecule has 0 aliphatic carbocycles. The summed E-state index contributed by atoms with van der Waals surface area (Å²) >= 11 is 1.43. The second kappa shape index (κ2) is 9.02. The molecule has 0 saturated carbocycles. The molecule has 0 saturated heterocycles. The zero-order chi connectivity index (χ0) is 17.4. The predicted molar refractivity (Wildman–Crippen MR) is 89.1 cm³/mol. The van der Waals surface area contributed by atoms with Gasteiger partial charge in [-0.3, -0.25) is 14.7 Å². The molecule has 128 valence electrons. The first kappa shape index (κ1) is 17.9. The molecular weight excluding hydrogens is 333 g/mol. The van der Waals surface area contributed by atoms with Gasteiger partial charge >= 0.3 is 0 Å². The Morgan fingerprint density at radius 3 is 2.83 bits per heavy atom. The number of nitrogens with zero attached hydrogens (tertiary/aromatic N) is 2. The lowest BCUT2D eigenvalue weighted by Gasteiger charge is -2.08. The normalized spacial score (nSPS) is 10.4. The number of anilines is 1. The molecule has 24 heavy (non-hydrogen) atoms. The summed E-state index contributed by atoms with van der Waals surface area (Å²) in [6, 6.07) is 4.47. The van der Waals surface area contributed by atoms with E-state index in [1.54, 1.807) is 19.1 Å². The maximum atomic E-state index is 13.5. The van der Waals surface area contributed by atoms with Gasteiger partial charge in [-0.15, -0.1) is 0 Å². The number of aryl methyl sites for hydroxylation is 1. The first-order chi connectivity index (χ1) is 11.5. The van der Waals surface area contributed by atoms with Crippen molar-refractivity contribution in [2.45, 2.75) is 24.9 Å². The van der Waals surface area contributed by atoms with Gasteiger partial charge in [-0.1, -0.05) is 17.8 Å². The number of rotatable bonds is 8. The van der Waals surface area contributed by atoms with Gasteiger partial charge in [0.05, 0.1) is 5.69 Å². The van der Waals surface area contributed by atoms with Crippen LogP contribution in [0.2, 0.25) is 0 Å². The van der Waals surface area contributed by atoms with Crippen LogP contribution in [0.15, 0.2) is 29.7 Å². The van der Waals surface area contributed by atoms with Gasteiger partial charge in [0.2, 0.25) is 11.8 Å². The number of hydrogen-bond acceptors (Lipinski definition) is 5. The molecule has 2 rings (SSSR count). The van der Waals surface area contributed by atoms with Crippen molar-refractivity contribution in [1.29, 1.82) is 0 Å². The number of nitrogens with one attached hydrogen (secondary N) is 3. The van der Waals surface area contributed by atoms with Crippen LogP contribution in [0.3, 0.4) is 0 Å². The first-order valence-electron chi connectivity index (χ1n) is 7.35.